The lowest BCUT2D eigenvalue weighted by molar-refractivity contribution is -0.136. The summed E-state index contributed by atoms with van der Waals surface area (Å²) in [5.41, 5.74) is 0.999. The highest BCUT2D eigenvalue weighted by molar-refractivity contribution is 5.78. The summed E-state index contributed by atoms with van der Waals surface area (Å²) in [5.74, 6) is -0.122. The van der Waals surface area contributed by atoms with E-state index in [9.17, 15) is 9.18 Å². The van der Waals surface area contributed by atoms with Gasteiger partial charge in [0.1, 0.15) is 5.82 Å². The first kappa shape index (κ1) is 14.0. The van der Waals surface area contributed by atoms with Gasteiger partial charge >= 0.3 is 0 Å². The molecule has 1 aromatic carbocycles. The van der Waals surface area contributed by atoms with Gasteiger partial charge in [0.05, 0.1) is 19.8 Å². The lowest BCUT2D eigenvalue weighted by Gasteiger charge is -2.28. The van der Waals surface area contributed by atoms with Crippen LogP contribution in [-0.2, 0) is 16.1 Å². The number of rotatable bonds is 4. The minimum absolute atomic E-state index is 0.118. The fourth-order valence-electron chi connectivity index (χ4n) is 2.10. The van der Waals surface area contributed by atoms with E-state index in [4.69, 9.17) is 4.74 Å². The number of ether oxygens (including phenoxy) is 1. The van der Waals surface area contributed by atoms with Gasteiger partial charge in [-0.05, 0) is 24.7 Å². The number of amides is 1. The Morgan fingerprint density at radius 2 is 1.95 bits per heavy atom. The topological polar surface area (TPSA) is 32.8 Å². The molecule has 104 valence electrons. The first-order valence-corrected chi connectivity index (χ1v) is 6.43. The van der Waals surface area contributed by atoms with Gasteiger partial charge in [-0.3, -0.25) is 9.69 Å². The highest BCUT2D eigenvalue weighted by Gasteiger charge is 2.18. The number of carbonyl (C=O) groups is 1. The maximum atomic E-state index is 12.8. The van der Waals surface area contributed by atoms with Crippen LogP contribution in [-0.4, -0.2) is 55.6 Å². The van der Waals surface area contributed by atoms with E-state index in [-0.39, 0.29) is 11.7 Å². The van der Waals surface area contributed by atoms with Gasteiger partial charge < -0.3 is 9.64 Å². The molecule has 0 unspecified atom stereocenters. The van der Waals surface area contributed by atoms with Crippen molar-refractivity contribution in [3.05, 3.63) is 35.6 Å². The largest absolute Gasteiger partial charge is 0.378 e. The molecule has 0 atom stereocenters. The third-order valence-corrected chi connectivity index (χ3v) is 3.13. The number of hydrogen-bond acceptors (Lipinski definition) is 3. The Morgan fingerprint density at radius 1 is 1.32 bits per heavy atom. The molecule has 5 heteroatoms. The van der Waals surface area contributed by atoms with Gasteiger partial charge in [-0.25, -0.2) is 4.39 Å². The van der Waals surface area contributed by atoms with Crippen LogP contribution in [0, 0.1) is 5.82 Å². The van der Waals surface area contributed by atoms with Crippen molar-refractivity contribution in [2.45, 2.75) is 6.54 Å². The summed E-state index contributed by atoms with van der Waals surface area (Å²) in [6.07, 6.45) is 0. The average molecular weight is 266 g/mol. The SMILES string of the molecule is CN(CC(=O)N1CCOCC1)Cc1ccc(F)cc1. The summed E-state index contributed by atoms with van der Waals surface area (Å²) in [7, 11) is 1.89. The van der Waals surface area contributed by atoms with Gasteiger partial charge in [-0.15, -0.1) is 0 Å². The van der Waals surface area contributed by atoms with Crippen LogP contribution in [0.5, 0.6) is 0 Å². The number of hydrogen-bond donors (Lipinski definition) is 0. The van der Waals surface area contributed by atoms with E-state index in [0.717, 1.165) is 5.56 Å². The van der Waals surface area contributed by atoms with E-state index in [2.05, 4.69) is 0 Å². The molecule has 1 heterocycles. The van der Waals surface area contributed by atoms with Gasteiger partial charge in [0, 0.05) is 19.6 Å². The summed E-state index contributed by atoms with van der Waals surface area (Å²) < 4.78 is 18.0. The molecule has 2 rings (SSSR count). The van der Waals surface area contributed by atoms with Gasteiger partial charge in [-0.2, -0.15) is 0 Å². The highest BCUT2D eigenvalue weighted by atomic mass is 19.1. The van der Waals surface area contributed by atoms with Crippen LogP contribution in [0.15, 0.2) is 24.3 Å². The van der Waals surface area contributed by atoms with Crippen molar-refractivity contribution in [3.8, 4) is 0 Å². The Kier molecular flexibility index (Phi) is 4.87. The van der Waals surface area contributed by atoms with Crippen molar-refractivity contribution in [2.24, 2.45) is 0 Å². The molecule has 1 aromatic rings. The standard InChI is InChI=1S/C14H19FN2O2/c1-16(10-12-2-4-13(15)5-3-12)11-14(18)17-6-8-19-9-7-17/h2-5H,6-11H2,1H3. The number of morpholine rings is 1. The van der Waals surface area contributed by atoms with Crippen molar-refractivity contribution >= 4 is 5.91 Å². The summed E-state index contributed by atoms with van der Waals surface area (Å²) in [5, 5.41) is 0. The number of carbonyl (C=O) groups excluding carboxylic acids is 1. The zero-order valence-electron chi connectivity index (χ0n) is 11.1. The van der Waals surface area contributed by atoms with E-state index in [1.54, 1.807) is 12.1 Å². The highest BCUT2D eigenvalue weighted by Crippen LogP contribution is 2.06. The van der Waals surface area contributed by atoms with Crippen molar-refractivity contribution in [1.29, 1.82) is 0 Å². The van der Waals surface area contributed by atoms with Crippen LogP contribution in [0.2, 0.25) is 0 Å². The van der Waals surface area contributed by atoms with Gasteiger partial charge in [0.15, 0.2) is 0 Å². The third-order valence-electron chi connectivity index (χ3n) is 3.13. The molecule has 0 aliphatic carbocycles. The Labute approximate surface area is 112 Å². The number of halogens is 1. The van der Waals surface area contributed by atoms with Crippen molar-refractivity contribution in [1.82, 2.24) is 9.80 Å². The molecule has 4 nitrogen and oxygen atoms in total. The van der Waals surface area contributed by atoms with Crippen LogP contribution < -0.4 is 0 Å². The monoisotopic (exact) mass is 266 g/mol. The Balaban J connectivity index is 1.81. The maximum Gasteiger partial charge on any atom is 0.236 e. The zero-order chi connectivity index (χ0) is 13.7. The summed E-state index contributed by atoms with van der Waals surface area (Å²) >= 11 is 0. The molecule has 0 aromatic heterocycles. The lowest BCUT2D eigenvalue weighted by Crippen LogP contribution is -2.44. The molecule has 0 spiro atoms. The van der Waals surface area contributed by atoms with E-state index >= 15 is 0 Å². The molecule has 1 aliphatic heterocycles. The molecule has 0 saturated carbocycles. The van der Waals surface area contributed by atoms with E-state index < -0.39 is 0 Å². The molecule has 1 fully saturated rings. The number of likely N-dealkylation sites (N-methyl/N-ethyl adjacent to an activating group) is 1. The predicted octanol–water partition coefficient (Wildman–Crippen LogP) is 1.12. The Hall–Kier alpha value is -1.46. The van der Waals surface area contributed by atoms with Crippen LogP contribution in [0.25, 0.3) is 0 Å². The van der Waals surface area contributed by atoms with Gasteiger partial charge in [0.25, 0.3) is 0 Å². The fourth-order valence-corrected chi connectivity index (χ4v) is 2.10. The first-order chi connectivity index (χ1) is 9.15. The smallest absolute Gasteiger partial charge is 0.236 e. The molecule has 0 bridgehead atoms. The van der Waals surface area contributed by atoms with Crippen LogP contribution in [0.3, 0.4) is 0 Å². The Bertz CT molecular complexity index is 416. The first-order valence-electron chi connectivity index (χ1n) is 6.43. The molecule has 1 amide bonds. The second-order valence-electron chi connectivity index (χ2n) is 4.79. The average Bonchev–Trinajstić information content (AvgIpc) is 2.42. The van der Waals surface area contributed by atoms with Crippen LogP contribution in [0.1, 0.15) is 5.56 Å². The normalized spacial score (nSPS) is 15.8. The molecular formula is C14H19FN2O2. The molecule has 1 saturated heterocycles. The van der Waals surface area contributed by atoms with Crippen molar-refractivity contribution in [3.63, 3.8) is 0 Å². The molecule has 19 heavy (non-hydrogen) atoms. The van der Waals surface area contributed by atoms with Crippen LogP contribution in [0.4, 0.5) is 4.39 Å². The minimum atomic E-state index is -0.240. The third kappa shape index (κ3) is 4.29. The van der Waals surface area contributed by atoms with Crippen molar-refractivity contribution < 1.29 is 13.9 Å². The quantitative estimate of drug-likeness (QED) is 0.818. The molecule has 1 aliphatic rings. The summed E-state index contributed by atoms with van der Waals surface area (Å²) in [4.78, 5) is 15.8. The number of benzene rings is 1. The van der Waals surface area contributed by atoms with Crippen molar-refractivity contribution in [2.75, 3.05) is 39.9 Å². The minimum Gasteiger partial charge on any atom is -0.378 e. The fraction of sp³-hybridized carbons (Fsp3) is 0.500. The van der Waals surface area contributed by atoms with E-state index in [1.807, 2.05) is 16.8 Å². The summed E-state index contributed by atoms with van der Waals surface area (Å²) in [6, 6.07) is 6.36. The van der Waals surface area contributed by atoms with Crippen LogP contribution >= 0.6 is 0 Å². The predicted molar refractivity (Wildman–Crippen MR) is 70.1 cm³/mol. The molecule has 0 N–H and O–H groups in total. The lowest BCUT2D eigenvalue weighted by atomic mass is 10.2. The second kappa shape index (κ2) is 6.63. The zero-order valence-corrected chi connectivity index (χ0v) is 11.1. The van der Waals surface area contributed by atoms with E-state index in [1.165, 1.54) is 12.1 Å². The number of nitrogens with zero attached hydrogens (tertiary/aromatic N) is 2. The second-order valence-corrected chi connectivity index (χ2v) is 4.79. The van der Waals surface area contributed by atoms with E-state index in [0.29, 0.717) is 39.4 Å². The summed E-state index contributed by atoms with van der Waals surface area (Å²) in [6.45, 7) is 3.58. The maximum absolute atomic E-state index is 12.8. The van der Waals surface area contributed by atoms with Gasteiger partial charge in [0.2, 0.25) is 5.91 Å². The Morgan fingerprint density at radius 3 is 2.58 bits per heavy atom. The molecular weight excluding hydrogens is 247 g/mol. The molecule has 0 radical (unpaired) electrons. The van der Waals surface area contributed by atoms with Gasteiger partial charge in [-0.1, -0.05) is 12.1 Å².